The number of alkyl carbamates (subject to hydrolysis) is 1. The quantitative estimate of drug-likeness (QED) is 0.611. The van der Waals surface area contributed by atoms with Crippen LogP contribution in [-0.4, -0.2) is 64.9 Å². The Kier molecular flexibility index (Phi) is 6.41. The molecule has 2 aliphatic rings. The number of ether oxygens (including phenoxy) is 1. The van der Waals surface area contributed by atoms with E-state index < -0.39 is 30.1 Å². The molecule has 2 amide bonds. The van der Waals surface area contributed by atoms with E-state index in [9.17, 15) is 19.5 Å². The summed E-state index contributed by atoms with van der Waals surface area (Å²) >= 11 is 0. The third-order valence-electron chi connectivity index (χ3n) is 6.06. The minimum absolute atomic E-state index is 0.0506. The lowest BCUT2D eigenvalue weighted by Gasteiger charge is -2.24. The number of amides is 2. The molecule has 2 aromatic rings. The number of aliphatic carboxylic acids is 1. The summed E-state index contributed by atoms with van der Waals surface area (Å²) in [6.45, 7) is 0.646. The number of likely N-dealkylation sites (tertiary alicyclic amines) is 1. The number of nitrogens with zero attached hydrogens (tertiary/aromatic N) is 1. The molecule has 0 spiro atoms. The van der Waals surface area contributed by atoms with E-state index in [1.54, 1.807) is 0 Å². The number of carboxylic acids is 1. The van der Waals surface area contributed by atoms with Crippen molar-refractivity contribution in [3.05, 3.63) is 59.7 Å². The number of nitrogens with one attached hydrogen (secondary N) is 1. The highest BCUT2D eigenvalue weighted by Crippen LogP contribution is 2.44. The molecule has 2 atom stereocenters. The number of β-amino-alcohol motifs (C(OH)–C–C–N with tert-alkyl or cyclic N) is 1. The number of hydrogen-bond donors (Lipinski definition) is 3. The molecule has 1 heterocycles. The fourth-order valence-corrected chi connectivity index (χ4v) is 4.47. The van der Waals surface area contributed by atoms with Gasteiger partial charge in [0.25, 0.3) is 0 Å². The second-order valence-electron chi connectivity index (χ2n) is 8.18. The van der Waals surface area contributed by atoms with Crippen molar-refractivity contribution in [1.29, 1.82) is 0 Å². The molecule has 1 unspecified atom stereocenters. The molecule has 4 rings (SSSR count). The van der Waals surface area contributed by atoms with Crippen molar-refractivity contribution >= 4 is 18.0 Å². The van der Waals surface area contributed by atoms with Crippen LogP contribution < -0.4 is 5.32 Å². The first-order valence-corrected chi connectivity index (χ1v) is 10.7. The summed E-state index contributed by atoms with van der Waals surface area (Å²) in [6.07, 6.45) is -1.23. The van der Waals surface area contributed by atoms with Gasteiger partial charge in [0.05, 0.1) is 6.10 Å². The maximum Gasteiger partial charge on any atom is 0.407 e. The van der Waals surface area contributed by atoms with E-state index in [0.29, 0.717) is 13.0 Å². The Morgan fingerprint density at radius 1 is 1.06 bits per heavy atom. The average molecular weight is 438 g/mol. The highest BCUT2D eigenvalue weighted by atomic mass is 16.5. The van der Waals surface area contributed by atoms with Gasteiger partial charge < -0.3 is 25.2 Å². The minimum atomic E-state index is -1.06. The van der Waals surface area contributed by atoms with Crippen molar-refractivity contribution in [2.24, 2.45) is 0 Å². The summed E-state index contributed by atoms with van der Waals surface area (Å²) in [5, 5.41) is 21.2. The van der Waals surface area contributed by atoms with E-state index in [-0.39, 0.29) is 31.9 Å². The molecule has 0 aromatic heterocycles. The topological polar surface area (TPSA) is 116 Å². The molecule has 1 aliphatic heterocycles. The smallest absolute Gasteiger partial charge is 0.407 e. The van der Waals surface area contributed by atoms with E-state index in [1.165, 1.54) is 4.90 Å². The number of fused-ring (bicyclic) bond motifs is 3. The van der Waals surface area contributed by atoms with Crippen LogP contribution in [0.15, 0.2) is 48.5 Å². The molecule has 1 aliphatic carbocycles. The largest absolute Gasteiger partial charge is 0.481 e. The van der Waals surface area contributed by atoms with Gasteiger partial charge in [0.15, 0.2) is 0 Å². The molecule has 8 nitrogen and oxygen atoms in total. The molecule has 8 heteroatoms. The Hall–Kier alpha value is -3.39. The predicted octanol–water partition coefficient (Wildman–Crippen LogP) is 2.35. The summed E-state index contributed by atoms with van der Waals surface area (Å²) < 4.78 is 5.49. The monoisotopic (exact) mass is 438 g/mol. The van der Waals surface area contributed by atoms with Crippen LogP contribution in [0.1, 0.15) is 36.3 Å². The SMILES string of the molecule is O=C(O)CCC(NC(=O)OCC1c2ccccc2-c2ccccc21)C(=O)N1CC[C@H](O)C1. The number of rotatable bonds is 7. The van der Waals surface area contributed by atoms with Gasteiger partial charge in [0.2, 0.25) is 5.91 Å². The normalized spacial score (nSPS) is 18.0. The van der Waals surface area contributed by atoms with E-state index in [2.05, 4.69) is 5.32 Å². The van der Waals surface area contributed by atoms with Gasteiger partial charge in [-0.1, -0.05) is 48.5 Å². The number of hydrogen-bond acceptors (Lipinski definition) is 5. The second kappa shape index (κ2) is 9.40. The van der Waals surface area contributed by atoms with Crippen molar-refractivity contribution in [1.82, 2.24) is 10.2 Å². The fourth-order valence-electron chi connectivity index (χ4n) is 4.47. The Labute approximate surface area is 185 Å². The first kappa shape index (κ1) is 21.8. The third kappa shape index (κ3) is 4.60. The maximum atomic E-state index is 12.8. The van der Waals surface area contributed by atoms with Gasteiger partial charge in [-0.15, -0.1) is 0 Å². The zero-order chi connectivity index (χ0) is 22.7. The lowest BCUT2D eigenvalue weighted by molar-refractivity contribution is -0.138. The molecule has 0 radical (unpaired) electrons. The Morgan fingerprint density at radius 2 is 1.69 bits per heavy atom. The lowest BCUT2D eigenvalue weighted by Crippen LogP contribution is -2.48. The third-order valence-corrected chi connectivity index (χ3v) is 6.06. The Morgan fingerprint density at radius 3 is 2.25 bits per heavy atom. The predicted molar refractivity (Wildman–Crippen MR) is 116 cm³/mol. The number of carboxylic acid groups (broad SMARTS) is 1. The number of aliphatic hydroxyl groups excluding tert-OH is 1. The molecular weight excluding hydrogens is 412 g/mol. The van der Waals surface area contributed by atoms with Crippen molar-refractivity contribution < 1.29 is 29.3 Å². The molecule has 2 aromatic carbocycles. The molecule has 0 saturated carbocycles. The summed E-state index contributed by atoms with van der Waals surface area (Å²) in [6, 6.07) is 14.9. The molecular formula is C24H26N2O6. The Bertz CT molecular complexity index is 978. The second-order valence-corrected chi connectivity index (χ2v) is 8.18. The summed E-state index contributed by atoms with van der Waals surface area (Å²) in [7, 11) is 0. The van der Waals surface area contributed by atoms with Crippen molar-refractivity contribution in [2.45, 2.75) is 37.3 Å². The van der Waals surface area contributed by atoms with Crippen LogP contribution in [0.2, 0.25) is 0 Å². The van der Waals surface area contributed by atoms with Crippen molar-refractivity contribution in [3.8, 4) is 11.1 Å². The first-order chi connectivity index (χ1) is 15.4. The molecule has 32 heavy (non-hydrogen) atoms. The van der Waals surface area contributed by atoms with Gasteiger partial charge in [0, 0.05) is 25.4 Å². The van der Waals surface area contributed by atoms with Gasteiger partial charge in [-0.3, -0.25) is 9.59 Å². The zero-order valence-electron chi connectivity index (χ0n) is 17.6. The lowest BCUT2D eigenvalue weighted by atomic mass is 9.98. The van der Waals surface area contributed by atoms with Crippen LogP contribution in [0.4, 0.5) is 4.79 Å². The molecule has 3 N–H and O–H groups in total. The summed E-state index contributed by atoms with van der Waals surface area (Å²) in [4.78, 5) is 37.8. The maximum absolute atomic E-state index is 12.8. The van der Waals surface area contributed by atoms with Crippen LogP contribution in [0.5, 0.6) is 0 Å². The number of benzene rings is 2. The zero-order valence-corrected chi connectivity index (χ0v) is 17.6. The van der Waals surface area contributed by atoms with Gasteiger partial charge in [-0.05, 0) is 35.1 Å². The van der Waals surface area contributed by atoms with E-state index >= 15 is 0 Å². The van der Waals surface area contributed by atoms with Gasteiger partial charge in [-0.25, -0.2) is 4.79 Å². The Balaban J connectivity index is 1.42. The molecule has 1 saturated heterocycles. The number of carbonyl (C=O) groups is 3. The van der Waals surface area contributed by atoms with Crippen LogP contribution in [0.25, 0.3) is 11.1 Å². The van der Waals surface area contributed by atoms with Crippen molar-refractivity contribution in [3.63, 3.8) is 0 Å². The molecule has 1 fully saturated rings. The van der Waals surface area contributed by atoms with Crippen molar-refractivity contribution in [2.75, 3.05) is 19.7 Å². The van der Waals surface area contributed by atoms with E-state index in [0.717, 1.165) is 22.3 Å². The van der Waals surface area contributed by atoms with Crippen LogP contribution >= 0.6 is 0 Å². The summed E-state index contributed by atoms with van der Waals surface area (Å²) in [5.41, 5.74) is 4.37. The number of carbonyl (C=O) groups excluding carboxylic acids is 2. The van der Waals surface area contributed by atoms with E-state index in [4.69, 9.17) is 9.84 Å². The molecule has 0 bridgehead atoms. The van der Waals surface area contributed by atoms with Gasteiger partial charge in [0.1, 0.15) is 12.6 Å². The van der Waals surface area contributed by atoms with Crippen LogP contribution in [-0.2, 0) is 14.3 Å². The highest BCUT2D eigenvalue weighted by Gasteiger charge is 2.33. The highest BCUT2D eigenvalue weighted by molar-refractivity contribution is 5.86. The standard InChI is InChI=1S/C24H26N2O6/c27-15-11-12-26(13-15)23(30)21(9-10-22(28)29)25-24(31)32-14-20-18-7-3-1-5-16(18)17-6-2-4-8-19(17)20/h1-8,15,20-21,27H,9-14H2,(H,25,31)(H,28,29)/t15-,21?/m0/s1. The van der Waals surface area contributed by atoms with Gasteiger partial charge in [-0.2, -0.15) is 0 Å². The minimum Gasteiger partial charge on any atom is -0.481 e. The fraction of sp³-hybridized carbons (Fsp3) is 0.375. The van der Waals surface area contributed by atoms with Gasteiger partial charge >= 0.3 is 12.1 Å². The average Bonchev–Trinajstić information content (AvgIpc) is 3.36. The first-order valence-electron chi connectivity index (χ1n) is 10.7. The summed E-state index contributed by atoms with van der Waals surface area (Å²) in [5.74, 6) is -1.58. The van der Waals surface area contributed by atoms with Crippen LogP contribution in [0, 0.1) is 0 Å². The van der Waals surface area contributed by atoms with Crippen LogP contribution in [0.3, 0.4) is 0 Å². The van der Waals surface area contributed by atoms with E-state index in [1.807, 2.05) is 48.5 Å². The molecule has 168 valence electrons. The number of aliphatic hydroxyl groups is 1.